The molecule has 0 N–H and O–H groups in total. The molecule has 3 aromatic rings. The van der Waals surface area contributed by atoms with Crippen LogP contribution in [0.4, 0.5) is 4.39 Å². The lowest BCUT2D eigenvalue weighted by Gasteiger charge is -2.31. The normalized spacial score (nSPS) is 14.7. The molecule has 156 valence electrons. The van der Waals surface area contributed by atoms with E-state index < -0.39 is 5.82 Å². The molecule has 9 heteroatoms. The Hall–Kier alpha value is -3.00. The van der Waals surface area contributed by atoms with Crippen LogP contribution in [0.3, 0.4) is 0 Å². The Kier molecular flexibility index (Phi) is 5.94. The van der Waals surface area contributed by atoms with Crippen LogP contribution in [0.15, 0.2) is 43.0 Å². The number of likely N-dealkylation sites (tertiary alicyclic amines) is 1. The van der Waals surface area contributed by atoms with E-state index in [0.29, 0.717) is 31.9 Å². The number of amides is 1. The molecule has 4 rings (SSSR count). The highest BCUT2D eigenvalue weighted by molar-refractivity contribution is 6.31. The van der Waals surface area contributed by atoms with Crippen LogP contribution in [0.5, 0.6) is 6.01 Å². The predicted molar refractivity (Wildman–Crippen MR) is 110 cm³/mol. The quantitative estimate of drug-likeness (QED) is 0.622. The van der Waals surface area contributed by atoms with E-state index in [1.807, 2.05) is 13.2 Å². The molecule has 1 aliphatic rings. The van der Waals surface area contributed by atoms with E-state index >= 15 is 0 Å². The van der Waals surface area contributed by atoms with Gasteiger partial charge in [0.05, 0.1) is 12.6 Å². The molecule has 2 aromatic heterocycles. The third-order valence-electron chi connectivity index (χ3n) is 5.12. The molecule has 0 unspecified atom stereocenters. The molecule has 0 aliphatic carbocycles. The second kappa shape index (κ2) is 8.79. The molecular formula is C21H21ClFN5O2. The standard InChI is InChI=1S/C21H21ClFN5O2/c1-27-13-15(12-26-27)14-10-24-21(25-11-14)30-16-5-7-28(8-6-16)20(29)9-17-18(22)3-2-4-19(17)23/h2-4,10-13,16H,5-9H2,1H3. The molecule has 1 saturated heterocycles. The smallest absolute Gasteiger partial charge is 0.316 e. The molecule has 3 heterocycles. The van der Waals surface area contributed by atoms with E-state index in [2.05, 4.69) is 15.1 Å². The summed E-state index contributed by atoms with van der Waals surface area (Å²) in [6.07, 6.45) is 8.24. The van der Waals surface area contributed by atoms with Crippen molar-refractivity contribution < 1.29 is 13.9 Å². The van der Waals surface area contributed by atoms with Gasteiger partial charge >= 0.3 is 6.01 Å². The fraction of sp³-hybridized carbons (Fsp3) is 0.333. The summed E-state index contributed by atoms with van der Waals surface area (Å²) in [5.41, 5.74) is 2.04. The van der Waals surface area contributed by atoms with Gasteiger partial charge in [-0.15, -0.1) is 0 Å². The minimum atomic E-state index is -0.457. The zero-order valence-corrected chi connectivity index (χ0v) is 17.2. The molecule has 1 aromatic carbocycles. The van der Waals surface area contributed by atoms with Gasteiger partial charge < -0.3 is 9.64 Å². The second-order valence-electron chi connectivity index (χ2n) is 7.23. The van der Waals surface area contributed by atoms with Crippen molar-refractivity contribution in [1.29, 1.82) is 0 Å². The summed E-state index contributed by atoms with van der Waals surface area (Å²) in [5, 5.41) is 4.41. The summed E-state index contributed by atoms with van der Waals surface area (Å²) in [4.78, 5) is 22.8. The van der Waals surface area contributed by atoms with Crippen LogP contribution >= 0.6 is 11.6 Å². The number of hydrogen-bond donors (Lipinski definition) is 0. The summed E-state index contributed by atoms with van der Waals surface area (Å²) in [5.74, 6) is -0.599. The van der Waals surface area contributed by atoms with E-state index in [4.69, 9.17) is 16.3 Å². The molecule has 0 atom stereocenters. The van der Waals surface area contributed by atoms with Gasteiger partial charge in [0, 0.05) is 73.3 Å². The molecule has 1 aliphatic heterocycles. The van der Waals surface area contributed by atoms with Crippen molar-refractivity contribution in [3.8, 4) is 17.1 Å². The summed E-state index contributed by atoms with van der Waals surface area (Å²) in [6.45, 7) is 1.06. The molecule has 0 bridgehead atoms. The number of aryl methyl sites for hydroxylation is 1. The Morgan fingerprint density at radius 3 is 2.57 bits per heavy atom. The minimum Gasteiger partial charge on any atom is -0.460 e. The van der Waals surface area contributed by atoms with E-state index in [9.17, 15) is 9.18 Å². The van der Waals surface area contributed by atoms with Gasteiger partial charge in [-0.25, -0.2) is 14.4 Å². The largest absolute Gasteiger partial charge is 0.460 e. The van der Waals surface area contributed by atoms with E-state index in [-0.39, 0.29) is 29.0 Å². The number of halogens is 2. The fourth-order valence-electron chi connectivity index (χ4n) is 3.43. The summed E-state index contributed by atoms with van der Waals surface area (Å²) >= 11 is 6.03. The average molecular weight is 430 g/mol. The third-order valence-corrected chi connectivity index (χ3v) is 5.48. The number of hydrogen-bond acceptors (Lipinski definition) is 5. The SMILES string of the molecule is Cn1cc(-c2cnc(OC3CCN(C(=O)Cc4c(F)cccc4Cl)CC3)nc2)cn1. The Labute approximate surface area is 178 Å². The number of ether oxygens (including phenoxy) is 1. The summed E-state index contributed by atoms with van der Waals surface area (Å²) in [7, 11) is 1.85. The summed E-state index contributed by atoms with van der Waals surface area (Å²) in [6, 6.07) is 4.74. The van der Waals surface area contributed by atoms with Crippen LogP contribution in [0, 0.1) is 5.82 Å². The van der Waals surface area contributed by atoms with Crippen LogP contribution < -0.4 is 4.74 Å². The molecule has 7 nitrogen and oxygen atoms in total. The predicted octanol–water partition coefficient (Wildman–Crippen LogP) is 3.28. The van der Waals surface area contributed by atoms with Crippen molar-refractivity contribution in [2.24, 2.45) is 7.05 Å². The number of carbonyl (C=O) groups excluding carboxylic acids is 1. The van der Waals surface area contributed by atoms with E-state index in [1.54, 1.807) is 34.2 Å². The van der Waals surface area contributed by atoms with Crippen LogP contribution in [-0.4, -0.2) is 49.7 Å². The van der Waals surface area contributed by atoms with Gasteiger partial charge in [0.1, 0.15) is 11.9 Å². The van der Waals surface area contributed by atoms with Gasteiger partial charge in [0.25, 0.3) is 0 Å². The third kappa shape index (κ3) is 4.59. The number of carbonyl (C=O) groups is 1. The highest BCUT2D eigenvalue weighted by Gasteiger charge is 2.25. The second-order valence-corrected chi connectivity index (χ2v) is 7.64. The van der Waals surface area contributed by atoms with Crippen LogP contribution in [0.25, 0.3) is 11.1 Å². The number of benzene rings is 1. The summed E-state index contributed by atoms with van der Waals surface area (Å²) < 4.78 is 21.5. The molecule has 30 heavy (non-hydrogen) atoms. The van der Waals surface area contributed by atoms with Gasteiger partial charge in [0.15, 0.2) is 0 Å². The van der Waals surface area contributed by atoms with Crippen LogP contribution in [0.1, 0.15) is 18.4 Å². The van der Waals surface area contributed by atoms with Gasteiger partial charge in [-0.05, 0) is 12.1 Å². The van der Waals surface area contributed by atoms with E-state index in [0.717, 1.165) is 11.1 Å². The monoisotopic (exact) mass is 429 g/mol. The Morgan fingerprint density at radius 1 is 1.20 bits per heavy atom. The van der Waals surface area contributed by atoms with Crippen molar-refractivity contribution >= 4 is 17.5 Å². The maximum Gasteiger partial charge on any atom is 0.316 e. The maximum absolute atomic E-state index is 13.9. The van der Waals surface area contributed by atoms with Gasteiger partial charge in [-0.2, -0.15) is 5.10 Å². The van der Waals surface area contributed by atoms with Crippen molar-refractivity contribution in [2.75, 3.05) is 13.1 Å². The van der Waals surface area contributed by atoms with Gasteiger partial charge in [-0.3, -0.25) is 9.48 Å². The van der Waals surface area contributed by atoms with Crippen LogP contribution in [0.2, 0.25) is 5.02 Å². The minimum absolute atomic E-state index is 0.0457. The van der Waals surface area contributed by atoms with Crippen LogP contribution in [-0.2, 0) is 18.3 Å². The highest BCUT2D eigenvalue weighted by Crippen LogP contribution is 2.23. The molecular weight excluding hydrogens is 409 g/mol. The lowest BCUT2D eigenvalue weighted by Crippen LogP contribution is -2.42. The first kappa shape index (κ1) is 20.3. The first-order valence-electron chi connectivity index (χ1n) is 9.68. The Balaban J connectivity index is 1.30. The highest BCUT2D eigenvalue weighted by atomic mass is 35.5. The molecule has 0 spiro atoms. The Bertz CT molecular complexity index is 1010. The van der Waals surface area contributed by atoms with Crippen molar-refractivity contribution in [3.63, 3.8) is 0 Å². The van der Waals surface area contributed by atoms with Gasteiger partial charge in [0.2, 0.25) is 5.91 Å². The first-order chi connectivity index (χ1) is 14.5. The van der Waals surface area contributed by atoms with Crippen molar-refractivity contribution in [1.82, 2.24) is 24.6 Å². The first-order valence-corrected chi connectivity index (χ1v) is 10.1. The molecule has 1 amide bonds. The zero-order chi connectivity index (χ0) is 21.1. The Morgan fingerprint density at radius 2 is 1.93 bits per heavy atom. The zero-order valence-electron chi connectivity index (χ0n) is 16.5. The van der Waals surface area contributed by atoms with Crippen molar-refractivity contribution in [2.45, 2.75) is 25.4 Å². The lowest BCUT2D eigenvalue weighted by atomic mass is 10.1. The van der Waals surface area contributed by atoms with Crippen molar-refractivity contribution in [3.05, 3.63) is 59.4 Å². The average Bonchev–Trinajstić information content (AvgIpc) is 3.18. The number of rotatable bonds is 5. The molecule has 0 saturated carbocycles. The fourth-order valence-corrected chi connectivity index (χ4v) is 3.66. The van der Waals surface area contributed by atoms with Gasteiger partial charge in [-0.1, -0.05) is 17.7 Å². The molecule has 1 fully saturated rings. The maximum atomic E-state index is 13.9. The molecule has 0 radical (unpaired) electrons. The van der Waals surface area contributed by atoms with E-state index in [1.165, 1.54) is 12.1 Å². The number of aromatic nitrogens is 4. The number of piperidine rings is 1. The lowest BCUT2D eigenvalue weighted by molar-refractivity contribution is -0.132. The number of nitrogens with zero attached hydrogens (tertiary/aromatic N) is 5. The topological polar surface area (TPSA) is 73.1 Å².